The predicted octanol–water partition coefficient (Wildman–Crippen LogP) is 2.41. The maximum atomic E-state index is 11.6. The number of hydrogen-bond donors (Lipinski definition) is 1. The van der Waals surface area contributed by atoms with Crippen molar-refractivity contribution in [1.82, 2.24) is 5.32 Å². The van der Waals surface area contributed by atoms with Gasteiger partial charge in [-0.15, -0.1) is 0 Å². The van der Waals surface area contributed by atoms with Crippen LogP contribution in [0.15, 0.2) is 24.3 Å². The first kappa shape index (κ1) is 12.8. The molecule has 1 aromatic carbocycles. The Labute approximate surface area is 108 Å². The van der Waals surface area contributed by atoms with Crippen LogP contribution in [0.5, 0.6) is 0 Å². The second kappa shape index (κ2) is 5.34. The molecular formula is C15H19NO2. The second-order valence-corrected chi connectivity index (χ2v) is 5.00. The molecular weight excluding hydrogens is 226 g/mol. The van der Waals surface area contributed by atoms with E-state index in [9.17, 15) is 9.59 Å². The molecule has 0 aromatic heterocycles. The molecule has 2 amide bonds. The van der Waals surface area contributed by atoms with Gasteiger partial charge in [0.25, 0.3) is 0 Å². The molecule has 3 nitrogen and oxygen atoms in total. The van der Waals surface area contributed by atoms with E-state index in [1.807, 2.05) is 6.92 Å². The molecule has 1 saturated heterocycles. The number of benzene rings is 1. The van der Waals surface area contributed by atoms with Crippen LogP contribution >= 0.6 is 0 Å². The molecule has 2 unspecified atom stereocenters. The highest BCUT2D eigenvalue weighted by Crippen LogP contribution is 2.30. The van der Waals surface area contributed by atoms with Crippen LogP contribution in [0.25, 0.3) is 0 Å². The standard InChI is InChI=1S/C15H19NO2/c1-3-4-11-5-7-12(8-6-11)10(2)13-9-14(17)16-15(13)18/h5-8,10,13H,3-4,9H2,1-2H3,(H,16,17,18). The summed E-state index contributed by atoms with van der Waals surface area (Å²) in [7, 11) is 0. The van der Waals surface area contributed by atoms with Crippen molar-refractivity contribution in [2.45, 2.75) is 39.0 Å². The Bertz CT molecular complexity index is 450. The molecule has 1 heterocycles. The van der Waals surface area contributed by atoms with E-state index in [1.54, 1.807) is 0 Å². The zero-order chi connectivity index (χ0) is 13.1. The smallest absolute Gasteiger partial charge is 0.230 e. The number of rotatable bonds is 4. The van der Waals surface area contributed by atoms with Gasteiger partial charge in [-0.1, -0.05) is 44.5 Å². The fourth-order valence-corrected chi connectivity index (χ4v) is 2.49. The van der Waals surface area contributed by atoms with Crippen LogP contribution < -0.4 is 5.32 Å². The van der Waals surface area contributed by atoms with Gasteiger partial charge in [0.2, 0.25) is 11.8 Å². The number of hydrogen-bond acceptors (Lipinski definition) is 2. The van der Waals surface area contributed by atoms with E-state index in [1.165, 1.54) is 5.56 Å². The van der Waals surface area contributed by atoms with Crippen LogP contribution in [0.4, 0.5) is 0 Å². The molecule has 2 rings (SSSR count). The van der Waals surface area contributed by atoms with Gasteiger partial charge in [0.15, 0.2) is 0 Å². The van der Waals surface area contributed by atoms with Crippen molar-refractivity contribution >= 4 is 11.8 Å². The monoisotopic (exact) mass is 245 g/mol. The first-order valence-electron chi connectivity index (χ1n) is 6.54. The number of aryl methyl sites for hydroxylation is 1. The van der Waals surface area contributed by atoms with E-state index in [2.05, 4.69) is 36.5 Å². The first-order valence-corrected chi connectivity index (χ1v) is 6.54. The van der Waals surface area contributed by atoms with E-state index in [-0.39, 0.29) is 23.7 Å². The lowest BCUT2D eigenvalue weighted by Gasteiger charge is -2.16. The largest absolute Gasteiger partial charge is 0.296 e. The Morgan fingerprint density at radius 3 is 2.44 bits per heavy atom. The van der Waals surface area contributed by atoms with Crippen molar-refractivity contribution in [2.75, 3.05) is 0 Å². The maximum absolute atomic E-state index is 11.6. The highest BCUT2D eigenvalue weighted by atomic mass is 16.2. The Hall–Kier alpha value is -1.64. The van der Waals surface area contributed by atoms with Gasteiger partial charge in [-0.3, -0.25) is 14.9 Å². The summed E-state index contributed by atoms with van der Waals surface area (Å²) in [4.78, 5) is 22.8. The molecule has 0 saturated carbocycles. The SMILES string of the molecule is CCCc1ccc(C(C)C2CC(=O)NC2=O)cc1. The fourth-order valence-electron chi connectivity index (χ4n) is 2.49. The molecule has 1 fully saturated rings. The quantitative estimate of drug-likeness (QED) is 0.828. The lowest BCUT2D eigenvalue weighted by Crippen LogP contribution is -2.24. The molecule has 1 N–H and O–H groups in total. The van der Waals surface area contributed by atoms with Crippen molar-refractivity contribution in [1.29, 1.82) is 0 Å². The Morgan fingerprint density at radius 1 is 1.28 bits per heavy atom. The van der Waals surface area contributed by atoms with Crippen LogP contribution in [0.2, 0.25) is 0 Å². The normalized spacial score (nSPS) is 20.9. The zero-order valence-corrected chi connectivity index (χ0v) is 10.9. The van der Waals surface area contributed by atoms with Crippen molar-refractivity contribution in [3.8, 4) is 0 Å². The highest BCUT2D eigenvalue weighted by molar-refractivity contribution is 6.03. The molecule has 1 aliphatic rings. The summed E-state index contributed by atoms with van der Waals surface area (Å²) in [5.41, 5.74) is 2.45. The molecule has 0 bridgehead atoms. The van der Waals surface area contributed by atoms with Gasteiger partial charge in [0.05, 0.1) is 5.92 Å². The van der Waals surface area contributed by atoms with Gasteiger partial charge >= 0.3 is 0 Å². The van der Waals surface area contributed by atoms with E-state index in [0.29, 0.717) is 6.42 Å². The van der Waals surface area contributed by atoms with Gasteiger partial charge in [0.1, 0.15) is 0 Å². The van der Waals surface area contributed by atoms with E-state index in [0.717, 1.165) is 18.4 Å². The van der Waals surface area contributed by atoms with Gasteiger partial charge in [0, 0.05) is 6.42 Å². The average molecular weight is 245 g/mol. The minimum Gasteiger partial charge on any atom is -0.296 e. The van der Waals surface area contributed by atoms with Crippen LogP contribution in [-0.4, -0.2) is 11.8 Å². The number of carbonyl (C=O) groups is 2. The molecule has 18 heavy (non-hydrogen) atoms. The molecule has 2 atom stereocenters. The van der Waals surface area contributed by atoms with Crippen LogP contribution in [0, 0.1) is 5.92 Å². The summed E-state index contributed by atoms with van der Waals surface area (Å²) in [5, 5.41) is 2.37. The number of imide groups is 1. The van der Waals surface area contributed by atoms with Crippen molar-refractivity contribution in [3.05, 3.63) is 35.4 Å². The lowest BCUT2D eigenvalue weighted by molar-refractivity contribution is -0.126. The van der Waals surface area contributed by atoms with Gasteiger partial charge < -0.3 is 0 Å². The van der Waals surface area contributed by atoms with Gasteiger partial charge in [-0.05, 0) is 23.5 Å². The number of nitrogens with one attached hydrogen (secondary N) is 1. The molecule has 0 aliphatic carbocycles. The number of amides is 2. The number of carbonyl (C=O) groups excluding carboxylic acids is 2. The van der Waals surface area contributed by atoms with Crippen LogP contribution in [0.1, 0.15) is 43.7 Å². The maximum Gasteiger partial charge on any atom is 0.230 e. The van der Waals surface area contributed by atoms with Crippen molar-refractivity contribution in [3.63, 3.8) is 0 Å². The third-order valence-corrected chi connectivity index (χ3v) is 3.65. The van der Waals surface area contributed by atoms with E-state index in [4.69, 9.17) is 0 Å². The summed E-state index contributed by atoms with van der Waals surface area (Å²) >= 11 is 0. The first-order chi connectivity index (χ1) is 8.61. The van der Waals surface area contributed by atoms with E-state index >= 15 is 0 Å². The summed E-state index contributed by atoms with van der Waals surface area (Å²) in [6.07, 6.45) is 2.53. The highest BCUT2D eigenvalue weighted by Gasteiger charge is 2.35. The fraction of sp³-hybridized carbons (Fsp3) is 0.467. The van der Waals surface area contributed by atoms with Crippen LogP contribution in [0.3, 0.4) is 0 Å². The Morgan fingerprint density at radius 2 is 1.94 bits per heavy atom. The Balaban J connectivity index is 2.11. The molecule has 1 aromatic rings. The molecule has 0 radical (unpaired) electrons. The van der Waals surface area contributed by atoms with E-state index < -0.39 is 0 Å². The third kappa shape index (κ3) is 2.61. The Kier molecular flexibility index (Phi) is 3.80. The molecule has 1 aliphatic heterocycles. The van der Waals surface area contributed by atoms with Crippen molar-refractivity contribution in [2.24, 2.45) is 5.92 Å². The summed E-state index contributed by atoms with van der Waals surface area (Å²) in [6.45, 7) is 4.17. The minimum atomic E-state index is -0.213. The molecule has 96 valence electrons. The molecule has 0 spiro atoms. The average Bonchev–Trinajstić information content (AvgIpc) is 2.69. The van der Waals surface area contributed by atoms with Gasteiger partial charge in [-0.2, -0.15) is 0 Å². The lowest BCUT2D eigenvalue weighted by atomic mass is 9.86. The minimum absolute atomic E-state index is 0.0899. The van der Waals surface area contributed by atoms with Crippen molar-refractivity contribution < 1.29 is 9.59 Å². The summed E-state index contributed by atoms with van der Waals surface area (Å²) in [6, 6.07) is 8.38. The summed E-state index contributed by atoms with van der Waals surface area (Å²) < 4.78 is 0. The third-order valence-electron chi connectivity index (χ3n) is 3.65. The topological polar surface area (TPSA) is 46.2 Å². The molecule has 3 heteroatoms. The second-order valence-electron chi connectivity index (χ2n) is 5.00. The van der Waals surface area contributed by atoms with Gasteiger partial charge in [-0.25, -0.2) is 0 Å². The predicted molar refractivity (Wildman–Crippen MR) is 70.1 cm³/mol. The van der Waals surface area contributed by atoms with Crippen LogP contribution in [-0.2, 0) is 16.0 Å². The zero-order valence-electron chi connectivity index (χ0n) is 10.9. The summed E-state index contributed by atoms with van der Waals surface area (Å²) in [5.74, 6) is -0.411.